The Morgan fingerprint density at radius 3 is 2.17 bits per heavy atom. The molecular formula is C36H36O16. The van der Waals surface area contributed by atoms with Crippen LogP contribution in [0, 0.1) is 11.8 Å². The van der Waals surface area contributed by atoms with Crippen LogP contribution in [-0.2, 0) is 39.9 Å². The fourth-order valence-electron chi connectivity index (χ4n) is 7.11. The molecule has 3 N–H and O–H groups in total. The zero-order valence-electron chi connectivity index (χ0n) is 28.2. The van der Waals surface area contributed by atoms with Gasteiger partial charge in [0.05, 0.1) is 40.0 Å². The molecule has 276 valence electrons. The third kappa shape index (κ3) is 6.32. The summed E-state index contributed by atoms with van der Waals surface area (Å²) in [5.74, 6) is -2.95. The normalized spacial score (nSPS) is 28.6. The van der Waals surface area contributed by atoms with Crippen molar-refractivity contribution in [3.8, 4) is 28.7 Å². The largest absolute Gasteiger partial charge is 0.514 e. The molecule has 1 aliphatic carbocycles. The summed E-state index contributed by atoms with van der Waals surface area (Å²) in [6, 6.07) is 15.7. The van der Waals surface area contributed by atoms with Gasteiger partial charge >= 0.3 is 18.1 Å². The second-order valence-electron chi connectivity index (χ2n) is 12.5. The van der Waals surface area contributed by atoms with Gasteiger partial charge in [-0.1, -0.05) is 30.3 Å². The van der Waals surface area contributed by atoms with E-state index in [1.54, 1.807) is 36.4 Å². The van der Waals surface area contributed by atoms with Crippen LogP contribution in [0.15, 0.2) is 54.6 Å². The molecule has 9 atom stereocenters. The smallest absolute Gasteiger partial charge is 0.493 e. The molecule has 52 heavy (non-hydrogen) atoms. The first-order valence-corrected chi connectivity index (χ1v) is 16.3. The van der Waals surface area contributed by atoms with Crippen molar-refractivity contribution in [2.75, 3.05) is 34.7 Å². The Kier molecular flexibility index (Phi) is 9.82. The monoisotopic (exact) mass is 724 g/mol. The number of carbonyl (C=O) groups is 3. The molecule has 3 aromatic rings. The maximum absolute atomic E-state index is 13.6. The zero-order chi connectivity index (χ0) is 36.7. The predicted octanol–water partition coefficient (Wildman–Crippen LogP) is 2.12. The summed E-state index contributed by atoms with van der Waals surface area (Å²) in [5.41, 5.74) is 2.32. The Morgan fingerprint density at radius 2 is 1.52 bits per heavy atom. The van der Waals surface area contributed by atoms with E-state index in [-0.39, 0.29) is 37.3 Å². The van der Waals surface area contributed by atoms with Gasteiger partial charge in [-0.15, -0.1) is 0 Å². The van der Waals surface area contributed by atoms with Crippen molar-refractivity contribution in [2.45, 2.75) is 49.3 Å². The van der Waals surface area contributed by atoms with Gasteiger partial charge in [0, 0.05) is 11.8 Å². The molecule has 0 aromatic heterocycles. The van der Waals surface area contributed by atoms with Crippen LogP contribution in [0.2, 0.25) is 0 Å². The van der Waals surface area contributed by atoms with Gasteiger partial charge < -0.3 is 62.7 Å². The summed E-state index contributed by atoms with van der Waals surface area (Å²) >= 11 is 0. The van der Waals surface area contributed by atoms with Gasteiger partial charge in [-0.3, -0.25) is 4.79 Å². The van der Waals surface area contributed by atoms with Crippen molar-refractivity contribution < 1.29 is 77.1 Å². The van der Waals surface area contributed by atoms with E-state index in [0.717, 1.165) is 12.7 Å². The van der Waals surface area contributed by atoms with E-state index >= 15 is 0 Å². The molecule has 16 nitrogen and oxygen atoms in total. The van der Waals surface area contributed by atoms with E-state index in [0.29, 0.717) is 28.2 Å². The Labute approximate surface area is 296 Å². The number of rotatable bonds is 9. The van der Waals surface area contributed by atoms with Gasteiger partial charge in [-0.25, -0.2) is 9.59 Å². The molecule has 0 amide bonds. The van der Waals surface area contributed by atoms with Crippen LogP contribution in [0.3, 0.4) is 0 Å². The molecule has 2 saturated heterocycles. The second kappa shape index (κ2) is 14.5. The van der Waals surface area contributed by atoms with Crippen molar-refractivity contribution in [1.82, 2.24) is 0 Å². The zero-order valence-corrected chi connectivity index (χ0v) is 28.2. The highest BCUT2D eigenvalue weighted by molar-refractivity contribution is 5.79. The van der Waals surface area contributed by atoms with Crippen LogP contribution < -0.4 is 23.7 Å². The van der Waals surface area contributed by atoms with Crippen LogP contribution in [0.25, 0.3) is 0 Å². The summed E-state index contributed by atoms with van der Waals surface area (Å²) in [5, 5.41) is 31.9. The lowest BCUT2D eigenvalue weighted by atomic mass is 9.66. The van der Waals surface area contributed by atoms with Crippen LogP contribution in [-0.4, -0.2) is 98.8 Å². The minimum atomic E-state index is -1.83. The van der Waals surface area contributed by atoms with E-state index in [2.05, 4.69) is 0 Å². The number of fused-ring (bicyclic) bond motifs is 3. The van der Waals surface area contributed by atoms with Gasteiger partial charge in [-0.2, -0.15) is 0 Å². The first-order chi connectivity index (χ1) is 25.1. The maximum atomic E-state index is 13.6. The highest BCUT2D eigenvalue weighted by Gasteiger charge is 2.56. The molecule has 0 radical (unpaired) electrons. The molecule has 3 aromatic carbocycles. The number of cyclic esters (lactones) is 1. The lowest BCUT2D eigenvalue weighted by Gasteiger charge is -2.44. The number of methoxy groups -OCH3 is 3. The topological polar surface area (TPSA) is 204 Å². The maximum Gasteiger partial charge on any atom is 0.514 e. The Bertz CT molecular complexity index is 1810. The number of esters is 2. The summed E-state index contributed by atoms with van der Waals surface area (Å²) in [7, 11) is 3.84. The first-order valence-electron chi connectivity index (χ1n) is 16.3. The van der Waals surface area contributed by atoms with Crippen LogP contribution in [0.5, 0.6) is 28.7 Å². The number of aliphatic hydroxyl groups excluding tert-OH is 3. The summed E-state index contributed by atoms with van der Waals surface area (Å²) in [6.07, 6.45) is -10.8. The molecule has 2 fully saturated rings. The average Bonchev–Trinajstić information content (AvgIpc) is 3.79. The van der Waals surface area contributed by atoms with Crippen molar-refractivity contribution in [3.63, 3.8) is 0 Å². The molecule has 2 unspecified atom stereocenters. The van der Waals surface area contributed by atoms with Gasteiger partial charge in [0.2, 0.25) is 12.5 Å². The molecule has 4 aliphatic rings. The SMILES string of the molecule is COC(=O)[C@H]1O[C@@H](OC2c3cc4c(cc3[C@@H](c3cc(OC)c(OC(=O)OCc5ccccc5)c(OC)c3)[C@H]3C(=O)OCC23)OCO4)[C@H](O)[C@@H](O)[C@@H]1O. The van der Waals surface area contributed by atoms with Crippen molar-refractivity contribution in [3.05, 3.63) is 76.9 Å². The third-order valence-corrected chi connectivity index (χ3v) is 9.63. The Morgan fingerprint density at radius 1 is 0.846 bits per heavy atom. The van der Waals surface area contributed by atoms with E-state index in [1.165, 1.54) is 14.2 Å². The first kappa shape index (κ1) is 35.3. The number of aliphatic hydroxyl groups is 3. The van der Waals surface area contributed by atoms with Gasteiger partial charge in [0.15, 0.2) is 35.4 Å². The van der Waals surface area contributed by atoms with E-state index < -0.39 is 72.7 Å². The highest BCUT2D eigenvalue weighted by Crippen LogP contribution is 2.57. The third-order valence-electron chi connectivity index (χ3n) is 9.63. The minimum absolute atomic E-state index is 0.0302. The van der Waals surface area contributed by atoms with Gasteiger partial charge in [0.25, 0.3) is 0 Å². The molecule has 16 heteroatoms. The average molecular weight is 725 g/mol. The quantitative estimate of drug-likeness (QED) is 0.164. The fraction of sp³-hybridized carbons (Fsp3) is 0.417. The summed E-state index contributed by atoms with van der Waals surface area (Å²) in [4.78, 5) is 38.8. The van der Waals surface area contributed by atoms with Gasteiger partial charge in [-0.05, 0) is 46.5 Å². The molecule has 0 bridgehead atoms. The van der Waals surface area contributed by atoms with E-state index in [4.69, 9.17) is 47.4 Å². The van der Waals surface area contributed by atoms with E-state index in [9.17, 15) is 29.7 Å². The molecule has 3 heterocycles. The fourth-order valence-corrected chi connectivity index (χ4v) is 7.11. The van der Waals surface area contributed by atoms with Crippen molar-refractivity contribution in [2.24, 2.45) is 11.8 Å². The van der Waals surface area contributed by atoms with Crippen LogP contribution in [0.4, 0.5) is 4.79 Å². The summed E-state index contributed by atoms with van der Waals surface area (Å²) < 4.78 is 55.8. The standard InChI is InChI=1S/C36H36O16/c1-43-23-9-17(10-24(44-2)31(23)52-36(42)47-13-16-7-5-4-6-8-16)25-18-11-21-22(49-15-48-21)12-19(18)30(20-14-46-33(40)26(20)25)50-35-29(39)27(37)28(38)32(51-35)34(41)45-3/h4-12,20,25-30,32,35,37-39H,13-15H2,1-3H3/t20?,25-,26+,27+,28+,29-,30?,32+,35-/m1/s1. The number of carbonyl (C=O) groups excluding carboxylic acids is 3. The van der Waals surface area contributed by atoms with Crippen molar-refractivity contribution >= 4 is 18.1 Å². The number of hydrogen-bond donors (Lipinski definition) is 3. The molecule has 0 spiro atoms. The molecule has 7 rings (SSSR count). The predicted molar refractivity (Wildman–Crippen MR) is 172 cm³/mol. The Hall–Kier alpha value is -5.13. The lowest BCUT2D eigenvalue weighted by Crippen LogP contribution is -2.61. The summed E-state index contributed by atoms with van der Waals surface area (Å²) in [6.45, 7) is -0.194. The number of hydrogen-bond acceptors (Lipinski definition) is 16. The second-order valence-corrected chi connectivity index (χ2v) is 12.5. The molecule has 3 aliphatic heterocycles. The van der Waals surface area contributed by atoms with Crippen LogP contribution >= 0.6 is 0 Å². The molecular weight excluding hydrogens is 688 g/mol. The number of ether oxygens (including phenoxy) is 10. The number of benzene rings is 3. The molecule has 0 saturated carbocycles. The van der Waals surface area contributed by atoms with Gasteiger partial charge in [0.1, 0.15) is 24.9 Å². The van der Waals surface area contributed by atoms with Crippen molar-refractivity contribution in [1.29, 1.82) is 0 Å². The lowest BCUT2D eigenvalue weighted by molar-refractivity contribution is -0.311. The Balaban J connectivity index is 1.26. The highest BCUT2D eigenvalue weighted by atomic mass is 16.7. The minimum Gasteiger partial charge on any atom is -0.493 e. The van der Waals surface area contributed by atoms with E-state index in [1.807, 2.05) is 18.2 Å². The van der Waals surface area contributed by atoms with Crippen LogP contribution in [0.1, 0.15) is 34.3 Å².